The molecule has 0 radical (unpaired) electrons. The Hall–Kier alpha value is -2.92. The van der Waals surface area contributed by atoms with E-state index in [9.17, 15) is 10.1 Å². The van der Waals surface area contributed by atoms with Crippen molar-refractivity contribution >= 4 is 46.0 Å². The van der Waals surface area contributed by atoms with Gasteiger partial charge < -0.3 is 5.32 Å². The van der Waals surface area contributed by atoms with Gasteiger partial charge in [0.2, 0.25) is 5.91 Å². The summed E-state index contributed by atoms with van der Waals surface area (Å²) in [6.07, 6.45) is 0. The SMILES string of the molecule is Cc1cccc(NC(=O)CSc2nc(-c3cccs3)cc(-c3cccs3)c2C#N)c1. The molecule has 4 rings (SSSR count). The maximum absolute atomic E-state index is 12.5. The lowest BCUT2D eigenvalue weighted by atomic mass is 10.1. The van der Waals surface area contributed by atoms with Crippen LogP contribution in [0.1, 0.15) is 11.1 Å². The van der Waals surface area contributed by atoms with Crippen molar-refractivity contribution in [1.82, 2.24) is 4.98 Å². The first-order chi connectivity index (χ1) is 14.6. The van der Waals surface area contributed by atoms with Crippen molar-refractivity contribution in [3.05, 3.63) is 76.5 Å². The Morgan fingerprint density at radius 2 is 1.87 bits per heavy atom. The summed E-state index contributed by atoms with van der Waals surface area (Å²) in [7, 11) is 0. The van der Waals surface area contributed by atoms with E-state index in [1.165, 1.54) is 11.8 Å². The number of anilines is 1. The zero-order chi connectivity index (χ0) is 20.9. The normalized spacial score (nSPS) is 10.5. The van der Waals surface area contributed by atoms with E-state index in [1.807, 2.05) is 72.3 Å². The number of benzene rings is 1. The van der Waals surface area contributed by atoms with Gasteiger partial charge in [-0.25, -0.2) is 4.98 Å². The molecule has 3 heterocycles. The molecule has 0 atom stereocenters. The van der Waals surface area contributed by atoms with E-state index >= 15 is 0 Å². The van der Waals surface area contributed by atoms with Crippen LogP contribution in [0.25, 0.3) is 21.0 Å². The summed E-state index contributed by atoms with van der Waals surface area (Å²) in [4.78, 5) is 19.3. The quantitative estimate of drug-likeness (QED) is 0.345. The monoisotopic (exact) mass is 447 g/mol. The third-order valence-electron chi connectivity index (χ3n) is 4.30. The Morgan fingerprint density at radius 1 is 1.10 bits per heavy atom. The molecule has 0 aliphatic rings. The highest BCUT2D eigenvalue weighted by molar-refractivity contribution is 8.00. The fraction of sp³-hybridized carbons (Fsp3) is 0.0870. The number of aryl methyl sites for hydroxylation is 1. The Labute approximate surface area is 187 Å². The number of carbonyl (C=O) groups is 1. The summed E-state index contributed by atoms with van der Waals surface area (Å²) >= 11 is 4.47. The molecule has 0 unspecified atom stereocenters. The second kappa shape index (κ2) is 9.26. The van der Waals surface area contributed by atoms with E-state index in [2.05, 4.69) is 11.4 Å². The number of thiophene rings is 2. The number of nitrogens with zero attached hydrogens (tertiary/aromatic N) is 2. The van der Waals surface area contributed by atoms with Gasteiger partial charge in [0.15, 0.2) is 0 Å². The minimum absolute atomic E-state index is 0.129. The molecule has 148 valence electrons. The summed E-state index contributed by atoms with van der Waals surface area (Å²) in [6.45, 7) is 1.98. The topological polar surface area (TPSA) is 65.8 Å². The molecule has 4 aromatic rings. The zero-order valence-electron chi connectivity index (χ0n) is 16.1. The van der Waals surface area contributed by atoms with Gasteiger partial charge in [0.25, 0.3) is 0 Å². The number of hydrogen-bond acceptors (Lipinski definition) is 6. The Bertz CT molecular complexity index is 1210. The van der Waals surface area contributed by atoms with Crippen molar-refractivity contribution in [3.8, 4) is 27.1 Å². The van der Waals surface area contributed by atoms with E-state index in [1.54, 1.807) is 22.7 Å². The lowest BCUT2D eigenvalue weighted by molar-refractivity contribution is -0.113. The number of aromatic nitrogens is 1. The van der Waals surface area contributed by atoms with Crippen LogP contribution in [0.2, 0.25) is 0 Å². The molecule has 4 nitrogen and oxygen atoms in total. The number of rotatable bonds is 6. The Balaban J connectivity index is 1.63. The van der Waals surface area contributed by atoms with Gasteiger partial charge in [0, 0.05) is 16.1 Å². The van der Waals surface area contributed by atoms with Gasteiger partial charge in [-0.15, -0.1) is 22.7 Å². The number of pyridine rings is 1. The summed E-state index contributed by atoms with van der Waals surface area (Å²) in [5.74, 6) is 0.0448. The predicted molar refractivity (Wildman–Crippen MR) is 126 cm³/mol. The second-order valence-electron chi connectivity index (χ2n) is 6.51. The zero-order valence-corrected chi connectivity index (χ0v) is 18.5. The number of nitriles is 1. The van der Waals surface area contributed by atoms with E-state index in [0.717, 1.165) is 32.3 Å². The van der Waals surface area contributed by atoms with Crippen LogP contribution in [0.4, 0.5) is 5.69 Å². The van der Waals surface area contributed by atoms with E-state index in [-0.39, 0.29) is 11.7 Å². The van der Waals surface area contributed by atoms with Crippen LogP contribution in [0.15, 0.2) is 70.4 Å². The van der Waals surface area contributed by atoms with Crippen molar-refractivity contribution in [2.75, 3.05) is 11.1 Å². The van der Waals surface area contributed by atoms with Crippen molar-refractivity contribution < 1.29 is 4.79 Å². The van der Waals surface area contributed by atoms with Gasteiger partial charge in [-0.3, -0.25) is 4.79 Å². The molecule has 0 aliphatic heterocycles. The standard InChI is InChI=1S/C23H17N3OS3/c1-15-5-2-6-16(11-15)25-22(27)14-30-23-18(13-24)17(20-7-3-9-28-20)12-19(26-23)21-8-4-10-29-21/h2-12H,14H2,1H3,(H,25,27). The van der Waals surface area contributed by atoms with Gasteiger partial charge in [-0.1, -0.05) is 36.0 Å². The first kappa shape index (κ1) is 20.4. The average Bonchev–Trinajstić information content (AvgIpc) is 3.45. The molecule has 0 saturated carbocycles. The molecule has 1 N–H and O–H groups in total. The molecular weight excluding hydrogens is 430 g/mol. The van der Waals surface area contributed by atoms with Crippen LogP contribution in [0, 0.1) is 18.3 Å². The number of amides is 1. The van der Waals surface area contributed by atoms with E-state index in [4.69, 9.17) is 4.98 Å². The van der Waals surface area contributed by atoms with Crippen LogP contribution >= 0.6 is 34.4 Å². The minimum atomic E-state index is -0.129. The molecule has 0 aliphatic carbocycles. The number of hydrogen-bond donors (Lipinski definition) is 1. The van der Waals surface area contributed by atoms with Gasteiger partial charge in [-0.05, 0) is 53.6 Å². The van der Waals surface area contributed by atoms with Gasteiger partial charge in [-0.2, -0.15) is 5.26 Å². The van der Waals surface area contributed by atoms with Crippen molar-refractivity contribution in [1.29, 1.82) is 5.26 Å². The van der Waals surface area contributed by atoms with E-state index in [0.29, 0.717) is 10.6 Å². The van der Waals surface area contributed by atoms with Crippen molar-refractivity contribution in [3.63, 3.8) is 0 Å². The number of carbonyl (C=O) groups excluding carboxylic acids is 1. The lowest BCUT2D eigenvalue weighted by Crippen LogP contribution is -2.14. The Kier molecular flexibility index (Phi) is 6.29. The molecule has 0 bridgehead atoms. The van der Waals surface area contributed by atoms with Crippen LogP contribution in [0.3, 0.4) is 0 Å². The average molecular weight is 448 g/mol. The summed E-state index contributed by atoms with van der Waals surface area (Å²) in [6, 6.07) is 19.9. The van der Waals surface area contributed by atoms with Gasteiger partial charge in [0.05, 0.1) is 21.9 Å². The van der Waals surface area contributed by atoms with E-state index < -0.39 is 0 Å². The molecule has 30 heavy (non-hydrogen) atoms. The minimum Gasteiger partial charge on any atom is -0.325 e. The third kappa shape index (κ3) is 4.62. The molecule has 1 aromatic carbocycles. The first-order valence-corrected chi connectivity index (χ1v) is 11.9. The molecule has 3 aromatic heterocycles. The highest BCUT2D eigenvalue weighted by atomic mass is 32.2. The number of nitrogens with one attached hydrogen (secondary N) is 1. The van der Waals surface area contributed by atoms with Gasteiger partial charge >= 0.3 is 0 Å². The third-order valence-corrected chi connectivity index (χ3v) is 7.07. The van der Waals surface area contributed by atoms with Crippen LogP contribution in [0.5, 0.6) is 0 Å². The summed E-state index contributed by atoms with van der Waals surface area (Å²) in [5, 5.41) is 17.3. The van der Waals surface area contributed by atoms with Crippen LogP contribution < -0.4 is 5.32 Å². The van der Waals surface area contributed by atoms with Crippen molar-refractivity contribution in [2.24, 2.45) is 0 Å². The lowest BCUT2D eigenvalue weighted by Gasteiger charge is -2.11. The fourth-order valence-electron chi connectivity index (χ4n) is 2.96. The smallest absolute Gasteiger partial charge is 0.234 e. The first-order valence-electron chi connectivity index (χ1n) is 9.16. The molecule has 0 saturated heterocycles. The largest absolute Gasteiger partial charge is 0.325 e. The van der Waals surface area contributed by atoms with Crippen LogP contribution in [-0.4, -0.2) is 16.6 Å². The Morgan fingerprint density at radius 3 is 2.53 bits per heavy atom. The fourth-order valence-corrected chi connectivity index (χ4v) is 5.20. The maximum Gasteiger partial charge on any atom is 0.234 e. The predicted octanol–water partition coefficient (Wildman–Crippen LogP) is 6.45. The molecule has 0 spiro atoms. The van der Waals surface area contributed by atoms with Gasteiger partial charge in [0.1, 0.15) is 11.1 Å². The maximum atomic E-state index is 12.5. The van der Waals surface area contributed by atoms with Crippen molar-refractivity contribution in [2.45, 2.75) is 11.9 Å². The van der Waals surface area contributed by atoms with Crippen LogP contribution in [-0.2, 0) is 4.79 Å². The second-order valence-corrected chi connectivity index (χ2v) is 9.37. The number of thioether (sulfide) groups is 1. The summed E-state index contributed by atoms with van der Waals surface area (Å²) < 4.78 is 0. The highest BCUT2D eigenvalue weighted by Crippen LogP contribution is 2.37. The molecule has 0 fully saturated rings. The molecule has 1 amide bonds. The highest BCUT2D eigenvalue weighted by Gasteiger charge is 2.18. The molecular formula is C23H17N3OS3. The molecule has 7 heteroatoms. The summed E-state index contributed by atoms with van der Waals surface area (Å²) in [5.41, 5.74) is 4.02.